The molecule has 0 atom stereocenters. The Morgan fingerprint density at radius 1 is 0.765 bits per heavy atom. The van der Waals surface area contributed by atoms with Crippen LogP contribution in [0.4, 0.5) is 0 Å². The molecule has 168 valence electrons. The third kappa shape index (κ3) is 2.49. The van der Waals surface area contributed by atoms with Gasteiger partial charge < -0.3 is 4.42 Å². The number of aromatic nitrogens is 1. The third-order valence-electron chi connectivity index (χ3n) is 8.69. The van der Waals surface area contributed by atoms with Crippen molar-refractivity contribution in [2.24, 2.45) is 7.05 Å². The molecule has 0 N–H and O–H groups in total. The minimum absolute atomic E-state index is 0.178. The van der Waals surface area contributed by atoms with Crippen molar-refractivity contribution in [3.05, 3.63) is 88.6 Å². The van der Waals surface area contributed by atoms with Crippen molar-refractivity contribution in [2.75, 3.05) is 0 Å². The summed E-state index contributed by atoms with van der Waals surface area (Å²) in [5.74, 6) is 0. The van der Waals surface area contributed by atoms with Crippen LogP contribution in [0.15, 0.2) is 65.2 Å². The molecular weight excluding hydrogens is 414 g/mol. The van der Waals surface area contributed by atoms with Gasteiger partial charge in [0.2, 0.25) is 5.69 Å². The highest BCUT2D eigenvalue weighted by molar-refractivity contribution is 6.11. The van der Waals surface area contributed by atoms with E-state index < -0.39 is 0 Å². The van der Waals surface area contributed by atoms with Gasteiger partial charge in [-0.05, 0) is 79.1 Å². The largest absolute Gasteiger partial charge is 0.455 e. The fourth-order valence-electron chi connectivity index (χ4n) is 6.85. The summed E-state index contributed by atoms with van der Waals surface area (Å²) in [5, 5.41) is 2.47. The van der Waals surface area contributed by atoms with Gasteiger partial charge in [-0.15, -0.1) is 0 Å². The molecule has 1 spiro atoms. The van der Waals surface area contributed by atoms with Crippen LogP contribution in [0.1, 0.15) is 53.5 Å². The van der Waals surface area contributed by atoms with Gasteiger partial charge in [-0.1, -0.05) is 49.2 Å². The van der Waals surface area contributed by atoms with Crippen molar-refractivity contribution in [3.8, 4) is 22.4 Å². The molecule has 5 aromatic rings. The van der Waals surface area contributed by atoms with Crippen LogP contribution in [0.25, 0.3) is 44.3 Å². The summed E-state index contributed by atoms with van der Waals surface area (Å²) in [6.45, 7) is 6.56. The van der Waals surface area contributed by atoms with Gasteiger partial charge in [0.25, 0.3) is 0 Å². The first-order chi connectivity index (χ1) is 16.5. The zero-order valence-corrected chi connectivity index (χ0v) is 20.5. The second kappa shape index (κ2) is 6.82. The molecule has 2 aliphatic carbocycles. The molecule has 0 bridgehead atoms. The van der Waals surface area contributed by atoms with Crippen molar-refractivity contribution in [1.82, 2.24) is 0 Å². The normalized spacial score (nSPS) is 16.0. The van der Waals surface area contributed by atoms with E-state index in [1.54, 1.807) is 0 Å². The molecule has 0 aliphatic heterocycles. The Hall–Kier alpha value is -3.39. The molecule has 0 amide bonds. The summed E-state index contributed by atoms with van der Waals surface area (Å²) in [5.41, 5.74) is 14.3. The standard InChI is InChI=1S/C32H30NO/c1-19-11-12-23-25-16-27-24(22-9-5-6-10-26(22)32(27)13-7-8-14-32)17-29(25)34-31(23)30(19)28-15-20(2)21(3)18-33(28)4/h5-6,9-12,15-18H,7-8,13-14H2,1-4H3/q+1. The average molecular weight is 445 g/mol. The van der Waals surface area contributed by atoms with E-state index in [4.69, 9.17) is 4.42 Å². The Kier molecular flexibility index (Phi) is 4.02. The molecule has 34 heavy (non-hydrogen) atoms. The summed E-state index contributed by atoms with van der Waals surface area (Å²) in [4.78, 5) is 0. The van der Waals surface area contributed by atoms with Crippen molar-refractivity contribution < 1.29 is 8.98 Å². The van der Waals surface area contributed by atoms with Crippen LogP contribution in [0.2, 0.25) is 0 Å². The quantitative estimate of drug-likeness (QED) is 0.241. The lowest BCUT2D eigenvalue weighted by atomic mass is 9.76. The van der Waals surface area contributed by atoms with Crippen LogP contribution >= 0.6 is 0 Å². The Bertz CT molecular complexity index is 1650. The average Bonchev–Trinajstić information content (AvgIpc) is 3.52. The lowest BCUT2D eigenvalue weighted by Gasteiger charge is -2.26. The molecule has 2 heteroatoms. The van der Waals surface area contributed by atoms with Gasteiger partial charge in [0.1, 0.15) is 18.2 Å². The third-order valence-corrected chi connectivity index (χ3v) is 8.69. The fraction of sp³-hybridized carbons (Fsp3) is 0.281. The van der Waals surface area contributed by atoms with Crippen LogP contribution < -0.4 is 4.57 Å². The zero-order chi connectivity index (χ0) is 23.2. The van der Waals surface area contributed by atoms with Gasteiger partial charge in [0, 0.05) is 27.8 Å². The van der Waals surface area contributed by atoms with Crippen LogP contribution in [-0.2, 0) is 12.5 Å². The van der Waals surface area contributed by atoms with Crippen molar-refractivity contribution in [2.45, 2.75) is 51.9 Å². The highest BCUT2D eigenvalue weighted by Crippen LogP contribution is 2.58. The predicted octanol–water partition coefficient (Wildman–Crippen LogP) is 7.84. The lowest BCUT2D eigenvalue weighted by Crippen LogP contribution is -2.31. The minimum atomic E-state index is 0.178. The maximum Gasteiger partial charge on any atom is 0.216 e. The van der Waals surface area contributed by atoms with E-state index in [0.717, 1.165) is 11.2 Å². The van der Waals surface area contributed by atoms with Gasteiger partial charge in [-0.3, -0.25) is 0 Å². The van der Waals surface area contributed by atoms with E-state index in [9.17, 15) is 0 Å². The number of rotatable bonds is 1. The second-order valence-corrected chi connectivity index (χ2v) is 10.6. The maximum absolute atomic E-state index is 6.72. The first-order valence-electron chi connectivity index (χ1n) is 12.6. The number of aryl methyl sites for hydroxylation is 4. The molecule has 2 aromatic heterocycles. The van der Waals surface area contributed by atoms with E-state index in [0.29, 0.717) is 0 Å². The Morgan fingerprint density at radius 2 is 1.56 bits per heavy atom. The van der Waals surface area contributed by atoms with E-state index >= 15 is 0 Å². The zero-order valence-electron chi connectivity index (χ0n) is 20.5. The summed E-state index contributed by atoms with van der Waals surface area (Å²) in [6, 6.07) is 20.7. The molecule has 1 fully saturated rings. The SMILES string of the molecule is Cc1cc(-c2c(C)ccc3c2oc2cc4c(cc23)C2(CCCC2)c2ccccc2-4)[n+](C)cc1C. The second-order valence-electron chi connectivity index (χ2n) is 10.6. The molecule has 7 rings (SSSR count). The van der Waals surface area contributed by atoms with Crippen LogP contribution in [-0.4, -0.2) is 0 Å². The molecule has 0 unspecified atom stereocenters. The van der Waals surface area contributed by atoms with Crippen molar-refractivity contribution in [3.63, 3.8) is 0 Å². The molecule has 0 saturated heterocycles. The number of furan rings is 1. The first kappa shape index (κ1) is 20.0. The van der Waals surface area contributed by atoms with Crippen LogP contribution in [0.5, 0.6) is 0 Å². The molecule has 0 radical (unpaired) electrons. The lowest BCUT2D eigenvalue weighted by molar-refractivity contribution is -0.660. The maximum atomic E-state index is 6.72. The van der Waals surface area contributed by atoms with Gasteiger partial charge in [0.05, 0.1) is 5.56 Å². The minimum Gasteiger partial charge on any atom is -0.455 e. The number of benzene rings is 3. The van der Waals surface area contributed by atoms with Gasteiger partial charge in [-0.25, -0.2) is 4.57 Å². The van der Waals surface area contributed by atoms with E-state index in [-0.39, 0.29) is 5.41 Å². The number of nitrogens with zero attached hydrogens (tertiary/aromatic N) is 1. The van der Waals surface area contributed by atoms with Gasteiger partial charge >= 0.3 is 0 Å². The molecule has 3 aromatic carbocycles. The van der Waals surface area contributed by atoms with Gasteiger partial charge in [-0.2, -0.15) is 0 Å². The topological polar surface area (TPSA) is 17.0 Å². The Morgan fingerprint density at radius 3 is 2.38 bits per heavy atom. The number of pyridine rings is 1. The van der Waals surface area contributed by atoms with Gasteiger partial charge in [0.15, 0.2) is 6.20 Å². The summed E-state index contributed by atoms with van der Waals surface area (Å²) in [7, 11) is 2.14. The predicted molar refractivity (Wildman–Crippen MR) is 139 cm³/mol. The highest BCUT2D eigenvalue weighted by atomic mass is 16.3. The summed E-state index contributed by atoms with van der Waals surface area (Å²) >= 11 is 0. The van der Waals surface area contributed by atoms with Crippen LogP contribution in [0.3, 0.4) is 0 Å². The number of hydrogen-bond donors (Lipinski definition) is 0. The fourth-order valence-corrected chi connectivity index (χ4v) is 6.85. The van der Waals surface area contributed by atoms with Crippen molar-refractivity contribution in [1.29, 1.82) is 0 Å². The van der Waals surface area contributed by atoms with E-state index in [1.807, 2.05) is 0 Å². The Balaban J connectivity index is 1.55. The molecule has 1 saturated carbocycles. The van der Waals surface area contributed by atoms with E-state index in [2.05, 4.69) is 93.2 Å². The monoisotopic (exact) mass is 444 g/mol. The summed E-state index contributed by atoms with van der Waals surface area (Å²) in [6.07, 6.45) is 7.35. The number of fused-ring (bicyclic) bond motifs is 8. The number of hydrogen-bond acceptors (Lipinski definition) is 1. The van der Waals surface area contributed by atoms with Crippen LogP contribution in [0, 0.1) is 20.8 Å². The highest BCUT2D eigenvalue weighted by Gasteiger charge is 2.45. The molecule has 2 heterocycles. The molecule has 2 nitrogen and oxygen atoms in total. The molecular formula is C32H30NO+. The smallest absolute Gasteiger partial charge is 0.216 e. The van der Waals surface area contributed by atoms with E-state index in [1.165, 1.54) is 86.7 Å². The first-order valence-corrected chi connectivity index (χ1v) is 12.6. The summed E-state index contributed by atoms with van der Waals surface area (Å²) < 4.78 is 8.96. The Labute approximate surface area is 200 Å². The van der Waals surface area contributed by atoms with Crippen molar-refractivity contribution >= 4 is 21.9 Å². The molecule has 2 aliphatic rings.